The van der Waals surface area contributed by atoms with E-state index in [1.165, 1.54) is 5.56 Å². The smallest absolute Gasteiger partial charge is 0.236 e. The van der Waals surface area contributed by atoms with Crippen molar-refractivity contribution < 1.29 is 4.79 Å². The zero-order valence-corrected chi connectivity index (χ0v) is 10.3. The molecule has 3 nitrogen and oxygen atoms in total. The van der Waals surface area contributed by atoms with Crippen molar-refractivity contribution in [1.82, 2.24) is 0 Å². The quantitative estimate of drug-likeness (QED) is 0.891. The van der Waals surface area contributed by atoms with Crippen molar-refractivity contribution in [3.05, 3.63) is 54.6 Å². The van der Waals surface area contributed by atoms with Gasteiger partial charge >= 0.3 is 0 Å². The molecule has 0 aliphatic heterocycles. The lowest BCUT2D eigenvalue weighted by Crippen LogP contribution is -2.30. The van der Waals surface area contributed by atoms with Gasteiger partial charge in [0.25, 0.3) is 0 Å². The first kappa shape index (κ1) is 12.2. The summed E-state index contributed by atoms with van der Waals surface area (Å²) in [6.07, 6.45) is 0. The van der Waals surface area contributed by atoms with Gasteiger partial charge in [-0.15, -0.1) is 0 Å². The summed E-state index contributed by atoms with van der Waals surface area (Å²) in [4.78, 5) is 12.7. The van der Waals surface area contributed by atoms with Crippen molar-refractivity contribution in [2.45, 2.75) is 0 Å². The van der Waals surface area contributed by atoms with Crippen LogP contribution in [0.4, 0.5) is 5.69 Å². The molecule has 92 valence electrons. The van der Waals surface area contributed by atoms with Crippen molar-refractivity contribution in [2.24, 2.45) is 5.73 Å². The van der Waals surface area contributed by atoms with Crippen LogP contribution in [0.3, 0.4) is 0 Å². The lowest BCUT2D eigenvalue weighted by Gasteiger charge is -2.17. The largest absolute Gasteiger partial charge is 0.368 e. The first-order valence-electron chi connectivity index (χ1n) is 5.82. The molecular formula is C15H16N2O. The topological polar surface area (TPSA) is 46.3 Å². The van der Waals surface area contributed by atoms with Crippen LogP contribution in [0.25, 0.3) is 11.1 Å². The van der Waals surface area contributed by atoms with E-state index in [9.17, 15) is 4.79 Å². The molecule has 0 heterocycles. The first-order valence-corrected chi connectivity index (χ1v) is 5.82. The summed E-state index contributed by atoms with van der Waals surface area (Å²) in [6, 6.07) is 18.2. The molecule has 3 heteroatoms. The number of hydrogen-bond donors (Lipinski definition) is 1. The number of nitrogens with two attached hydrogens (primary N) is 1. The zero-order chi connectivity index (χ0) is 13.0. The summed E-state index contributed by atoms with van der Waals surface area (Å²) in [7, 11) is 1.85. The molecular weight excluding hydrogens is 224 g/mol. The molecule has 0 aromatic heterocycles. The monoisotopic (exact) mass is 240 g/mol. The minimum absolute atomic E-state index is 0.227. The molecule has 0 saturated carbocycles. The molecule has 0 atom stereocenters. The van der Waals surface area contributed by atoms with Gasteiger partial charge in [-0.05, 0) is 23.3 Å². The maximum atomic E-state index is 10.9. The molecule has 0 aliphatic carbocycles. The summed E-state index contributed by atoms with van der Waals surface area (Å²) >= 11 is 0. The number of nitrogens with zero attached hydrogens (tertiary/aromatic N) is 1. The van der Waals surface area contributed by atoms with Crippen LogP contribution in [0.1, 0.15) is 0 Å². The highest BCUT2D eigenvalue weighted by atomic mass is 16.1. The summed E-state index contributed by atoms with van der Waals surface area (Å²) in [5.41, 5.74) is 8.49. The second-order valence-corrected chi connectivity index (χ2v) is 4.24. The van der Waals surface area contributed by atoms with Gasteiger partial charge in [0, 0.05) is 12.7 Å². The predicted molar refractivity (Wildman–Crippen MR) is 74.3 cm³/mol. The van der Waals surface area contributed by atoms with Gasteiger partial charge in [-0.1, -0.05) is 42.5 Å². The average molecular weight is 240 g/mol. The molecule has 0 aliphatic rings. The highest BCUT2D eigenvalue weighted by Crippen LogP contribution is 2.22. The van der Waals surface area contributed by atoms with Crippen molar-refractivity contribution in [1.29, 1.82) is 0 Å². The molecule has 0 fully saturated rings. The van der Waals surface area contributed by atoms with Gasteiger partial charge in [0.15, 0.2) is 0 Å². The van der Waals surface area contributed by atoms with Crippen LogP contribution < -0.4 is 10.6 Å². The van der Waals surface area contributed by atoms with E-state index >= 15 is 0 Å². The Balaban J connectivity index is 2.18. The van der Waals surface area contributed by atoms with Crippen LogP contribution in [0.2, 0.25) is 0 Å². The minimum Gasteiger partial charge on any atom is -0.368 e. The van der Waals surface area contributed by atoms with E-state index in [1.54, 1.807) is 0 Å². The number of hydrogen-bond acceptors (Lipinski definition) is 2. The Morgan fingerprint density at radius 3 is 2.11 bits per heavy atom. The lowest BCUT2D eigenvalue weighted by molar-refractivity contribution is -0.116. The maximum Gasteiger partial charge on any atom is 0.236 e. The molecule has 18 heavy (non-hydrogen) atoms. The number of amides is 1. The van der Waals surface area contributed by atoms with Crippen LogP contribution >= 0.6 is 0 Å². The summed E-state index contributed by atoms with van der Waals surface area (Å²) in [5, 5.41) is 0. The Bertz CT molecular complexity index is 520. The number of benzene rings is 2. The van der Waals surface area contributed by atoms with E-state index in [1.807, 2.05) is 54.4 Å². The summed E-state index contributed by atoms with van der Waals surface area (Å²) in [6.45, 7) is 0.227. The Labute approximate surface area is 107 Å². The molecule has 0 radical (unpaired) electrons. The van der Waals surface area contributed by atoms with Crippen LogP contribution in [0, 0.1) is 0 Å². The normalized spacial score (nSPS) is 10.1. The van der Waals surface area contributed by atoms with Crippen molar-refractivity contribution in [3.63, 3.8) is 0 Å². The van der Waals surface area contributed by atoms with Crippen LogP contribution in [-0.4, -0.2) is 19.5 Å². The van der Waals surface area contributed by atoms with E-state index in [0.717, 1.165) is 11.3 Å². The van der Waals surface area contributed by atoms with E-state index in [-0.39, 0.29) is 12.5 Å². The van der Waals surface area contributed by atoms with Gasteiger partial charge in [-0.25, -0.2) is 0 Å². The Kier molecular flexibility index (Phi) is 3.63. The van der Waals surface area contributed by atoms with Gasteiger partial charge in [-0.2, -0.15) is 0 Å². The lowest BCUT2D eigenvalue weighted by atomic mass is 10.1. The van der Waals surface area contributed by atoms with Crippen molar-refractivity contribution in [2.75, 3.05) is 18.5 Å². The Morgan fingerprint density at radius 2 is 1.56 bits per heavy atom. The molecule has 2 N–H and O–H groups in total. The van der Waals surface area contributed by atoms with Crippen molar-refractivity contribution >= 4 is 11.6 Å². The molecule has 1 amide bonds. The first-order chi connectivity index (χ1) is 8.66. The predicted octanol–water partition coefficient (Wildman–Crippen LogP) is 2.28. The van der Waals surface area contributed by atoms with E-state index in [2.05, 4.69) is 12.1 Å². The highest BCUT2D eigenvalue weighted by Gasteiger charge is 2.04. The minimum atomic E-state index is -0.329. The van der Waals surface area contributed by atoms with E-state index < -0.39 is 0 Å². The third kappa shape index (κ3) is 2.88. The fourth-order valence-corrected chi connectivity index (χ4v) is 1.86. The molecule has 2 aromatic rings. The average Bonchev–Trinajstić information content (AvgIpc) is 2.39. The van der Waals surface area contributed by atoms with Crippen LogP contribution in [-0.2, 0) is 4.79 Å². The number of carbonyl (C=O) groups excluding carboxylic acids is 1. The Hall–Kier alpha value is -2.29. The molecule has 0 spiro atoms. The van der Waals surface area contributed by atoms with Gasteiger partial charge in [-0.3, -0.25) is 4.79 Å². The second-order valence-electron chi connectivity index (χ2n) is 4.24. The molecule has 2 aromatic carbocycles. The number of anilines is 1. The fourth-order valence-electron chi connectivity index (χ4n) is 1.86. The van der Waals surface area contributed by atoms with Gasteiger partial charge < -0.3 is 10.6 Å². The van der Waals surface area contributed by atoms with Gasteiger partial charge in [0.2, 0.25) is 5.91 Å². The van der Waals surface area contributed by atoms with Crippen LogP contribution in [0.15, 0.2) is 54.6 Å². The molecule has 0 unspecified atom stereocenters. The maximum absolute atomic E-state index is 10.9. The summed E-state index contributed by atoms with van der Waals surface area (Å²) in [5.74, 6) is -0.329. The van der Waals surface area contributed by atoms with E-state index in [0.29, 0.717) is 0 Å². The SMILES string of the molecule is CN(CC(N)=O)c1ccc(-c2ccccc2)cc1. The van der Waals surface area contributed by atoms with Crippen molar-refractivity contribution in [3.8, 4) is 11.1 Å². The van der Waals surface area contributed by atoms with Crippen LogP contribution in [0.5, 0.6) is 0 Å². The number of rotatable bonds is 4. The number of likely N-dealkylation sites (N-methyl/N-ethyl adjacent to an activating group) is 1. The third-order valence-electron chi connectivity index (χ3n) is 2.81. The molecule has 0 saturated heterocycles. The second kappa shape index (κ2) is 5.36. The van der Waals surface area contributed by atoms with E-state index in [4.69, 9.17) is 5.73 Å². The molecule has 0 bridgehead atoms. The number of carbonyl (C=O) groups is 1. The van der Waals surface area contributed by atoms with Gasteiger partial charge in [0.1, 0.15) is 0 Å². The molecule has 2 rings (SSSR count). The third-order valence-corrected chi connectivity index (χ3v) is 2.81. The fraction of sp³-hybridized carbons (Fsp3) is 0.133. The Morgan fingerprint density at radius 1 is 1.00 bits per heavy atom. The highest BCUT2D eigenvalue weighted by molar-refractivity contribution is 5.79. The van der Waals surface area contributed by atoms with Gasteiger partial charge in [0.05, 0.1) is 6.54 Å². The standard InChI is InChI=1S/C15H16N2O/c1-17(11-15(16)18)14-9-7-13(8-10-14)12-5-3-2-4-6-12/h2-10H,11H2,1H3,(H2,16,18). The summed E-state index contributed by atoms with van der Waals surface area (Å²) < 4.78 is 0. The zero-order valence-electron chi connectivity index (χ0n) is 10.3. The number of primary amides is 1.